The van der Waals surface area contributed by atoms with E-state index in [9.17, 15) is 14.7 Å². The highest BCUT2D eigenvalue weighted by Gasteiger charge is 2.15. The molecule has 0 heterocycles. The summed E-state index contributed by atoms with van der Waals surface area (Å²) >= 11 is 0. The van der Waals surface area contributed by atoms with Gasteiger partial charge in [-0.1, -0.05) is 13.8 Å². The van der Waals surface area contributed by atoms with Gasteiger partial charge >= 0.3 is 6.03 Å². The van der Waals surface area contributed by atoms with Gasteiger partial charge in [0.05, 0.1) is 12.1 Å². The van der Waals surface area contributed by atoms with Crippen LogP contribution in [0, 0.1) is 5.92 Å². The summed E-state index contributed by atoms with van der Waals surface area (Å²) in [6, 6.07) is -1.43. The number of hydrogen-bond donors (Lipinski definition) is 4. The monoisotopic (exact) mass is 231 g/mol. The second-order valence-corrected chi connectivity index (χ2v) is 4.27. The summed E-state index contributed by atoms with van der Waals surface area (Å²) in [5.74, 6) is -0.101. The Labute approximate surface area is 95.6 Å². The number of nitrogens with one attached hydrogen (secondary N) is 2. The van der Waals surface area contributed by atoms with Crippen molar-refractivity contribution in [1.29, 1.82) is 0 Å². The molecule has 0 aromatic rings. The number of aliphatic hydroxyl groups is 1. The molecule has 16 heavy (non-hydrogen) atoms. The Morgan fingerprint density at radius 1 is 1.31 bits per heavy atom. The molecule has 0 aromatic heterocycles. The van der Waals surface area contributed by atoms with Crippen molar-refractivity contribution in [2.45, 2.75) is 39.3 Å². The molecular formula is C10H21N3O3. The van der Waals surface area contributed by atoms with Crippen LogP contribution in [0.15, 0.2) is 0 Å². The van der Waals surface area contributed by atoms with Crippen LogP contribution in [0.2, 0.25) is 0 Å². The number of imide groups is 1. The molecule has 0 bridgehead atoms. The summed E-state index contributed by atoms with van der Waals surface area (Å²) in [5.41, 5.74) is 4.80. The Morgan fingerprint density at radius 2 is 1.88 bits per heavy atom. The summed E-state index contributed by atoms with van der Waals surface area (Å²) in [7, 11) is 0. The number of aliphatic hydroxyl groups excluding tert-OH is 1. The van der Waals surface area contributed by atoms with Crippen LogP contribution in [0.5, 0.6) is 0 Å². The van der Waals surface area contributed by atoms with Gasteiger partial charge in [-0.2, -0.15) is 0 Å². The maximum absolute atomic E-state index is 11.2. The van der Waals surface area contributed by atoms with Gasteiger partial charge < -0.3 is 16.2 Å². The van der Waals surface area contributed by atoms with E-state index >= 15 is 0 Å². The maximum atomic E-state index is 11.2. The molecule has 5 N–H and O–H groups in total. The second kappa shape index (κ2) is 7.19. The summed E-state index contributed by atoms with van der Waals surface area (Å²) in [4.78, 5) is 21.6. The lowest BCUT2D eigenvalue weighted by atomic mass is 10.1. The summed E-state index contributed by atoms with van der Waals surface area (Å²) in [6.07, 6.45) is 0.167. The Morgan fingerprint density at radius 3 is 2.31 bits per heavy atom. The molecule has 3 amide bonds. The van der Waals surface area contributed by atoms with E-state index in [1.54, 1.807) is 6.92 Å². The predicted molar refractivity (Wildman–Crippen MR) is 60.7 cm³/mol. The highest BCUT2D eigenvalue weighted by molar-refractivity contribution is 5.96. The number of nitrogens with two attached hydrogens (primary N) is 1. The van der Waals surface area contributed by atoms with Crippen LogP contribution in [0.25, 0.3) is 0 Å². The molecule has 0 saturated heterocycles. The third-order valence-electron chi connectivity index (χ3n) is 2.04. The van der Waals surface area contributed by atoms with E-state index in [-0.39, 0.29) is 0 Å². The fourth-order valence-corrected chi connectivity index (χ4v) is 1.26. The number of primary amides is 1. The van der Waals surface area contributed by atoms with Crippen molar-refractivity contribution in [2.75, 3.05) is 6.54 Å². The lowest BCUT2D eigenvalue weighted by Gasteiger charge is -2.17. The summed E-state index contributed by atoms with van der Waals surface area (Å²) < 4.78 is 0. The van der Waals surface area contributed by atoms with Gasteiger partial charge in [0.1, 0.15) is 0 Å². The van der Waals surface area contributed by atoms with Crippen molar-refractivity contribution < 1.29 is 14.7 Å². The number of amides is 3. The molecule has 6 nitrogen and oxygen atoms in total. The largest absolute Gasteiger partial charge is 0.392 e. The second-order valence-electron chi connectivity index (χ2n) is 4.27. The van der Waals surface area contributed by atoms with E-state index < -0.39 is 24.1 Å². The highest BCUT2D eigenvalue weighted by Crippen LogP contribution is 2.03. The fraction of sp³-hybridized carbons (Fsp3) is 0.800. The number of carbonyl (C=O) groups excluding carboxylic acids is 2. The minimum atomic E-state index is -0.874. The average Bonchev–Trinajstić information content (AvgIpc) is 2.11. The molecule has 0 aliphatic rings. The van der Waals surface area contributed by atoms with Gasteiger partial charge in [-0.25, -0.2) is 4.79 Å². The molecule has 0 aromatic carbocycles. The first kappa shape index (κ1) is 14.9. The van der Waals surface area contributed by atoms with E-state index in [4.69, 9.17) is 5.73 Å². The van der Waals surface area contributed by atoms with Gasteiger partial charge in [0, 0.05) is 6.54 Å². The number of hydrogen-bond acceptors (Lipinski definition) is 4. The summed E-state index contributed by atoms with van der Waals surface area (Å²) in [5, 5.41) is 14.3. The zero-order valence-corrected chi connectivity index (χ0v) is 9.99. The highest BCUT2D eigenvalue weighted by atomic mass is 16.3. The molecule has 0 aliphatic heterocycles. The Balaban J connectivity index is 3.83. The molecule has 0 fully saturated rings. The predicted octanol–water partition coefficient (Wildman–Crippen LogP) is -0.434. The van der Waals surface area contributed by atoms with Crippen molar-refractivity contribution in [3.8, 4) is 0 Å². The fourth-order valence-electron chi connectivity index (χ4n) is 1.26. The Kier molecular flexibility index (Phi) is 6.67. The molecular weight excluding hydrogens is 210 g/mol. The Hall–Kier alpha value is -1.14. The minimum Gasteiger partial charge on any atom is -0.392 e. The lowest BCUT2D eigenvalue weighted by molar-refractivity contribution is -0.121. The molecule has 0 rings (SSSR count). The Bertz CT molecular complexity index is 243. The molecule has 94 valence electrons. The molecule has 0 saturated carbocycles. The first-order valence-electron chi connectivity index (χ1n) is 5.34. The van der Waals surface area contributed by atoms with E-state index in [2.05, 4.69) is 5.32 Å². The zero-order valence-electron chi connectivity index (χ0n) is 9.99. The van der Waals surface area contributed by atoms with Crippen molar-refractivity contribution in [3.05, 3.63) is 0 Å². The van der Waals surface area contributed by atoms with Gasteiger partial charge in [-0.3, -0.25) is 10.1 Å². The smallest absolute Gasteiger partial charge is 0.318 e. The van der Waals surface area contributed by atoms with E-state index in [1.165, 1.54) is 0 Å². The minimum absolute atomic E-state index is 0.311. The standard InChI is InChI=1S/C10H21N3O3/c1-6(2)4-8(14)5-12-7(3)9(15)13-10(11)16/h6-8,12,14H,4-5H2,1-3H3,(H3,11,13,15,16). The van der Waals surface area contributed by atoms with Crippen LogP contribution in [-0.2, 0) is 4.79 Å². The molecule has 2 atom stereocenters. The first-order valence-corrected chi connectivity index (χ1v) is 5.34. The number of rotatable bonds is 6. The third kappa shape index (κ3) is 7.19. The van der Waals surface area contributed by atoms with Gasteiger partial charge in [-0.15, -0.1) is 0 Å². The molecule has 0 spiro atoms. The van der Waals surface area contributed by atoms with Gasteiger partial charge in [0.15, 0.2) is 0 Å². The maximum Gasteiger partial charge on any atom is 0.318 e. The quantitative estimate of drug-likeness (QED) is 0.497. The third-order valence-corrected chi connectivity index (χ3v) is 2.04. The van der Waals surface area contributed by atoms with E-state index in [1.807, 2.05) is 19.2 Å². The summed E-state index contributed by atoms with van der Waals surface area (Å²) in [6.45, 7) is 5.92. The van der Waals surface area contributed by atoms with Crippen LogP contribution in [-0.4, -0.2) is 35.7 Å². The van der Waals surface area contributed by atoms with Crippen LogP contribution < -0.4 is 16.4 Å². The topological polar surface area (TPSA) is 104 Å². The number of urea groups is 1. The lowest BCUT2D eigenvalue weighted by Crippen LogP contribution is -2.48. The van der Waals surface area contributed by atoms with E-state index in [0.29, 0.717) is 18.9 Å². The first-order chi connectivity index (χ1) is 7.32. The zero-order chi connectivity index (χ0) is 12.7. The molecule has 0 radical (unpaired) electrons. The normalized spacial score (nSPS) is 14.6. The molecule has 0 aliphatic carbocycles. The van der Waals surface area contributed by atoms with Crippen molar-refractivity contribution in [3.63, 3.8) is 0 Å². The van der Waals surface area contributed by atoms with Gasteiger partial charge in [0.2, 0.25) is 5.91 Å². The van der Waals surface area contributed by atoms with Gasteiger partial charge in [-0.05, 0) is 19.3 Å². The SMILES string of the molecule is CC(C)CC(O)CNC(C)C(=O)NC(N)=O. The van der Waals surface area contributed by atoms with Crippen LogP contribution in [0.4, 0.5) is 4.79 Å². The van der Waals surface area contributed by atoms with Crippen molar-refractivity contribution in [1.82, 2.24) is 10.6 Å². The number of carbonyl (C=O) groups is 2. The average molecular weight is 231 g/mol. The van der Waals surface area contributed by atoms with Crippen LogP contribution in [0.3, 0.4) is 0 Å². The van der Waals surface area contributed by atoms with Gasteiger partial charge in [0.25, 0.3) is 0 Å². The van der Waals surface area contributed by atoms with Crippen LogP contribution in [0.1, 0.15) is 27.2 Å². The van der Waals surface area contributed by atoms with Crippen molar-refractivity contribution >= 4 is 11.9 Å². The van der Waals surface area contributed by atoms with E-state index in [0.717, 1.165) is 0 Å². The van der Waals surface area contributed by atoms with Crippen molar-refractivity contribution in [2.24, 2.45) is 11.7 Å². The molecule has 2 unspecified atom stereocenters. The van der Waals surface area contributed by atoms with Crippen LogP contribution >= 0.6 is 0 Å². The molecule has 6 heteroatoms.